The highest BCUT2D eigenvalue weighted by molar-refractivity contribution is 7.10. The van der Waals surface area contributed by atoms with Gasteiger partial charge in [0, 0.05) is 10.4 Å². The molecule has 0 saturated carbocycles. The van der Waals surface area contributed by atoms with Crippen molar-refractivity contribution in [2.24, 2.45) is 5.73 Å². The second-order valence-electron chi connectivity index (χ2n) is 4.23. The highest BCUT2D eigenvalue weighted by Crippen LogP contribution is 2.17. The Bertz CT molecular complexity index is 300. The van der Waals surface area contributed by atoms with Crippen LogP contribution in [0.2, 0.25) is 0 Å². The first kappa shape index (κ1) is 11.2. The fourth-order valence-corrected chi connectivity index (χ4v) is 1.77. The van der Waals surface area contributed by atoms with E-state index in [0.717, 1.165) is 4.88 Å². The zero-order valence-electron chi connectivity index (χ0n) is 8.70. The Hall–Kier alpha value is -0.870. The van der Waals surface area contributed by atoms with Crippen LogP contribution in [0.3, 0.4) is 0 Å². The van der Waals surface area contributed by atoms with E-state index in [4.69, 9.17) is 5.73 Å². The normalized spacial score (nSPS) is 13.7. The summed E-state index contributed by atoms with van der Waals surface area (Å²) < 4.78 is 0. The molecule has 1 rings (SSSR count). The Morgan fingerprint density at radius 3 is 2.64 bits per heavy atom. The van der Waals surface area contributed by atoms with E-state index >= 15 is 0 Å². The Labute approximate surface area is 88.3 Å². The Morgan fingerprint density at radius 1 is 1.57 bits per heavy atom. The van der Waals surface area contributed by atoms with E-state index in [1.54, 1.807) is 0 Å². The van der Waals surface area contributed by atoms with Gasteiger partial charge in [-0.3, -0.25) is 4.79 Å². The lowest BCUT2D eigenvalue weighted by Gasteiger charge is -2.22. The molecule has 0 unspecified atom stereocenters. The number of hydrogen-bond acceptors (Lipinski definition) is 3. The summed E-state index contributed by atoms with van der Waals surface area (Å²) in [4.78, 5) is 12.5. The molecule has 1 aromatic rings. The van der Waals surface area contributed by atoms with Crippen LogP contribution in [-0.4, -0.2) is 11.4 Å². The van der Waals surface area contributed by atoms with Crippen LogP contribution in [0.15, 0.2) is 17.5 Å². The summed E-state index contributed by atoms with van der Waals surface area (Å²) in [5.41, 5.74) is 5.56. The first-order chi connectivity index (χ1) is 6.40. The molecule has 14 heavy (non-hydrogen) atoms. The molecule has 1 atom stereocenters. The molecule has 1 heterocycles. The molecule has 1 amide bonds. The van der Waals surface area contributed by atoms with Gasteiger partial charge in [0.1, 0.15) is 6.04 Å². The minimum absolute atomic E-state index is 0.125. The third-order valence-corrected chi connectivity index (χ3v) is 2.59. The van der Waals surface area contributed by atoms with Crippen molar-refractivity contribution in [2.45, 2.75) is 32.4 Å². The average molecular weight is 212 g/mol. The molecule has 78 valence electrons. The van der Waals surface area contributed by atoms with Crippen LogP contribution in [0, 0.1) is 0 Å². The summed E-state index contributed by atoms with van der Waals surface area (Å²) in [6, 6.07) is 3.22. The van der Waals surface area contributed by atoms with Crippen molar-refractivity contribution in [1.29, 1.82) is 0 Å². The minimum Gasteiger partial charge on any atom is -0.350 e. The van der Waals surface area contributed by atoms with Gasteiger partial charge in [-0.25, -0.2) is 0 Å². The van der Waals surface area contributed by atoms with Crippen LogP contribution < -0.4 is 11.1 Å². The largest absolute Gasteiger partial charge is 0.350 e. The number of carbonyl (C=O) groups is 1. The van der Waals surface area contributed by atoms with Gasteiger partial charge in [-0.05, 0) is 32.2 Å². The summed E-state index contributed by atoms with van der Waals surface area (Å²) in [5.74, 6) is -0.125. The molecule has 0 aromatic carbocycles. The van der Waals surface area contributed by atoms with E-state index < -0.39 is 6.04 Å². The highest BCUT2D eigenvalue weighted by Gasteiger charge is 2.21. The van der Waals surface area contributed by atoms with Crippen LogP contribution in [0.1, 0.15) is 31.7 Å². The van der Waals surface area contributed by atoms with Crippen LogP contribution in [0.4, 0.5) is 0 Å². The lowest BCUT2D eigenvalue weighted by Crippen LogP contribution is -2.45. The molecular weight excluding hydrogens is 196 g/mol. The second kappa shape index (κ2) is 4.11. The second-order valence-corrected chi connectivity index (χ2v) is 5.21. The van der Waals surface area contributed by atoms with Crippen molar-refractivity contribution < 1.29 is 4.79 Å². The quantitative estimate of drug-likeness (QED) is 0.783. The van der Waals surface area contributed by atoms with Gasteiger partial charge in [0.25, 0.3) is 0 Å². The predicted octanol–water partition coefficient (Wildman–Crippen LogP) is 1.66. The van der Waals surface area contributed by atoms with Crippen molar-refractivity contribution >= 4 is 17.2 Å². The summed E-state index contributed by atoms with van der Waals surface area (Å²) in [5, 5.41) is 4.77. The van der Waals surface area contributed by atoms with E-state index in [-0.39, 0.29) is 11.4 Å². The first-order valence-electron chi connectivity index (χ1n) is 4.51. The van der Waals surface area contributed by atoms with Gasteiger partial charge in [0.2, 0.25) is 5.91 Å². The summed E-state index contributed by atoms with van der Waals surface area (Å²) >= 11 is 1.50. The zero-order valence-corrected chi connectivity index (χ0v) is 9.52. The molecular formula is C10H16N2OS. The summed E-state index contributed by atoms with van der Waals surface area (Å²) in [7, 11) is 0. The van der Waals surface area contributed by atoms with E-state index in [1.807, 2.05) is 38.3 Å². The van der Waals surface area contributed by atoms with Crippen molar-refractivity contribution in [1.82, 2.24) is 5.32 Å². The highest BCUT2D eigenvalue weighted by atomic mass is 32.1. The molecule has 4 heteroatoms. The SMILES string of the molecule is CC(C)(C)NC(=O)[C@@H](N)c1cccs1. The van der Waals surface area contributed by atoms with Gasteiger partial charge < -0.3 is 11.1 Å². The van der Waals surface area contributed by atoms with Crippen LogP contribution in [0.25, 0.3) is 0 Å². The standard InChI is InChI=1S/C10H16N2OS/c1-10(2,3)12-9(13)8(11)7-5-4-6-14-7/h4-6,8H,11H2,1-3H3,(H,12,13)/t8-/m0/s1. The van der Waals surface area contributed by atoms with Crippen LogP contribution in [-0.2, 0) is 4.79 Å². The number of nitrogens with two attached hydrogens (primary N) is 1. The summed E-state index contributed by atoms with van der Waals surface area (Å²) in [6.07, 6.45) is 0. The number of nitrogens with one attached hydrogen (secondary N) is 1. The van der Waals surface area contributed by atoms with Crippen molar-refractivity contribution in [3.8, 4) is 0 Å². The first-order valence-corrected chi connectivity index (χ1v) is 5.39. The van der Waals surface area contributed by atoms with Crippen molar-refractivity contribution in [2.75, 3.05) is 0 Å². The van der Waals surface area contributed by atoms with Crippen molar-refractivity contribution in [3.05, 3.63) is 22.4 Å². The van der Waals surface area contributed by atoms with E-state index in [2.05, 4.69) is 5.32 Å². The molecule has 3 N–H and O–H groups in total. The van der Waals surface area contributed by atoms with Gasteiger partial charge in [-0.2, -0.15) is 0 Å². The van der Waals surface area contributed by atoms with Crippen LogP contribution in [0.5, 0.6) is 0 Å². The maximum atomic E-state index is 11.6. The third-order valence-electron chi connectivity index (χ3n) is 1.63. The fourth-order valence-electron chi connectivity index (χ4n) is 1.04. The third kappa shape index (κ3) is 3.12. The maximum Gasteiger partial charge on any atom is 0.242 e. The molecule has 0 fully saturated rings. The molecule has 0 aliphatic rings. The minimum atomic E-state index is -0.547. The Balaban J connectivity index is 2.63. The molecule has 1 aromatic heterocycles. The number of amides is 1. The van der Waals surface area contributed by atoms with E-state index in [9.17, 15) is 4.79 Å². The van der Waals surface area contributed by atoms with Crippen LogP contribution >= 0.6 is 11.3 Å². The smallest absolute Gasteiger partial charge is 0.242 e. The van der Waals surface area contributed by atoms with E-state index in [0.29, 0.717) is 0 Å². The lowest BCUT2D eigenvalue weighted by molar-refractivity contribution is -0.123. The number of hydrogen-bond donors (Lipinski definition) is 2. The average Bonchev–Trinajstić information content (AvgIpc) is 2.51. The van der Waals surface area contributed by atoms with Gasteiger partial charge in [0.15, 0.2) is 0 Å². The predicted molar refractivity (Wildman–Crippen MR) is 59.1 cm³/mol. The van der Waals surface area contributed by atoms with Gasteiger partial charge >= 0.3 is 0 Å². The van der Waals surface area contributed by atoms with E-state index in [1.165, 1.54) is 11.3 Å². The molecule has 0 aliphatic carbocycles. The summed E-state index contributed by atoms with van der Waals surface area (Å²) in [6.45, 7) is 5.81. The number of thiophene rings is 1. The lowest BCUT2D eigenvalue weighted by atomic mass is 10.1. The molecule has 0 bridgehead atoms. The zero-order chi connectivity index (χ0) is 10.8. The Kier molecular flexibility index (Phi) is 3.29. The molecule has 0 aliphatic heterocycles. The maximum absolute atomic E-state index is 11.6. The molecule has 0 spiro atoms. The Morgan fingerprint density at radius 2 is 2.21 bits per heavy atom. The van der Waals surface area contributed by atoms with Gasteiger partial charge in [0.05, 0.1) is 0 Å². The molecule has 0 radical (unpaired) electrons. The fraction of sp³-hybridized carbons (Fsp3) is 0.500. The number of carbonyl (C=O) groups excluding carboxylic acids is 1. The topological polar surface area (TPSA) is 55.1 Å². The molecule has 0 saturated heterocycles. The monoisotopic (exact) mass is 212 g/mol. The number of rotatable bonds is 2. The van der Waals surface area contributed by atoms with Gasteiger partial charge in [-0.1, -0.05) is 6.07 Å². The molecule has 3 nitrogen and oxygen atoms in total. The van der Waals surface area contributed by atoms with Gasteiger partial charge in [-0.15, -0.1) is 11.3 Å². The van der Waals surface area contributed by atoms with Crippen molar-refractivity contribution in [3.63, 3.8) is 0 Å².